The lowest BCUT2D eigenvalue weighted by molar-refractivity contribution is 0.0662. The molecule has 5 heteroatoms. The Balaban J connectivity index is 1.57. The third-order valence-corrected chi connectivity index (χ3v) is 5.58. The van der Waals surface area contributed by atoms with Gasteiger partial charge in [-0.05, 0) is 66.9 Å². The van der Waals surface area contributed by atoms with Gasteiger partial charge in [-0.2, -0.15) is 0 Å². The van der Waals surface area contributed by atoms with Gasteiger partial charge in [0.2, 0.25) is 0 Å². The van der Waals surface area contributed by atoms with Crippen LogP contribution in [0.4, 0.5) is 0 Å². The highest BCUT2D eigenvalue weighted by atomic mass is 79.9. The Morgan fingerprint density at radius 3 is 2.68 bits per heavy atom. The number of benzene rings is 1. The van der Waals surface area contributed by atoms with Gasteiger partial charge in [-0.1, -0.05) is 0 Å². The van der Waals surface area contributed by atoms with Gasteiger partial charge in [-0.25, -0.2) is 4.79 Å². The van der Waals surface area contributed by atoms with Gasteiger partial charge in [-0.15, -0.1) is 0 Å². The molecule has 0 amide bonds. The summed E-state index contributed by atoms with van der Waals surface area (Å²) in [6.45, 7) is 0. The Hall–Kier alpha value is -1.33. The fourth-order valence-electron chi connectivity index (χ4n) is 3.79. The molecule has 0 spiro atoms. The van der Waals surface area contributed by atoms with Crippen LogP contribution in [-0.4, -0.2) is 30.1 Å². The summed E-state index contributed by atoms with van der Waals surface area (Å²) in [5, 5.41) is 0.891. The molecule has 3 heterocycles. The number of hydrogen-bond donors (Lipinski definition) is 0. The van der Waals surface area contributed by atoms with E-state index in [0.29, 0.717) is 22.1 Å². The van der Waals surface area contributed by atoms with Crippen molar-refractivity contribution < 1.29 is 9.15 Å². The van der Waals surface area contributed by atoms with Crippen molar-refractivity contribution in [2.75, 3.05) is 7.05 Å². The van der Waals surface area contributed by atoms with Crippen molar-refractivity contribution in [3.63, 3.8) is 0 Å². The van der Waals surface area contributed by atoms with E-state index in [0.717, 1.165) is 24.0 Å². The molecule has 2 aliphatic rings. The summed E-state index contributed by atoms with van der Waals surface area (Å²) >= 11 is 3.20. The lowest BCUT2D eigenvalue weighted by atomic mass is 10.0. The van der Waals surface area contributed by atoms with Crippen molar-refractivity contribution in [2.45, 2.75) is 43.9 Å². The van der Waals surface area contributed by atoms with Gasteiger partial charge < -0.3 is 14.1 Å². The molecule has 2 bridgehead atoms. The molecule has 2 aliphatic heterocycles. The van der Waals surface area contributed by atoms with E-state index in [1.807, 2.05) is 18.2 Å². The number of hydrogen-bond acceptors (Lipinski definition) is 4. The van der Waals surface area contributed by atoms with Gasteiger partial charge in [0.1, 0.15) is 21.9 Å². The minimum Gasteiger partial charge on any atom is -0.490 e. The average Bonchev–Trinajstić information content (AvgIpc) is 2.71. The monoisotopic (exact) mass is 363 g/mol. The molecule has 116 valence electrons. The highest BCUT2D eigenvalue weighted by molar-refractivity contribution is 9.10. The molecular weight excluding hydrogens is 346 g/mol. The molecule has 2 fully saturated rings. The largest absolute Gasteiger partial charge is 0.490 e. The fraction of sp³-hybridized carbons (Fsp3) is 0.471. The van der Waals surface area contributed by atoms with Crippen molar-refractivity contribution in [1.82, 2.24) is 4.90 Å². The van der Waals surface area contributed by atoms with E-state index >= 15 is 0 Å². The lowest BCUT2D eigenvalue weighted by Crippen LogP contribution is -2.43. The van der Waals surface area contributed by atoms with Gasteiger partial charge in [0.25, 0.3) is 0 Å². The first-order chi connectivity index (χ1) is 10.6. The molecule has 1 aromatic heterocycles. The molecule has 0 saturated carbocycles. The lowest BCUT2D eigenvalue weighted by Gasteiger charge is -2.36. The Kier molecular flexibility index (Phi) is 3.50. The summed E-state index contributed by atoms with van der Waals surface area (Å²) in [6.07, 6.45) is 4.97. The van der Waals surface area contributed by atoms with Crippen molar-refractivity contribution in [3.05, 3.63) is 39.2 Å². The fourth-order valence-corrected chi connectivity index (χ4v) is 4.12. The summed E-state index contributed by atoms with van der Waals surface area (Å²) in [4.78, 5) is 14.1. The van der Waals surface area contributed by atoms with Crippen LogP contribution in [0.25, 0.3) is 11.0 Å². The summed E-state index contributed by atoms with van der Waals surface area (Å²) in [7, 11) is 2.22. The molecule has 2 atom stereocenters. The van der Waals surface area contributed by atoms with Crippen LogP contribution in [0.2, 0.25) is 0 Å². The molecule has 1 aromatic carbocycles. The van der Waals surface area contributed by atoms with Crippen LogP contribution in [0.5, 0.6) is 5.75 Å². The maximum absolute atomic E-state index is 11.6. The second kappa shape index (κ2) is 5.39. The van der Waals surface area contributed by atoms with Crippen LogP contribution < -0.4 is 10.4 Å². The molecule has 2 saturated heterocycles. The van der Waals surface area contributed by atoms with Crippen LogP contribution in [0.3, 0.4) is 0 Å². The standard InChI is InChI=1S/C17H18BrNO3/c1-19-11-3-4-12(19)8-14(7-11)21-13-5-2-10-6-15(18)17(20)22-16(10)9-13/h2,5-6,9,11-12,14H,3-4,7-8H2,1H3. The third kappa shape index (κ3) is 2.46. The minimum absolute atomic E-state index is 0.258. The summed E-state index contributed by atoms with van der Waals surface area (Å²) < 4.78 is 11.9. The second-order valence-electron chi connectivity index (χ2n) is 6.34. The molecular formula is C17H18BrNO3. The van der Waals surface area contributed by atoms with Crippen LogP contribution in [0, 0.1) is 0 Å². The Labute approximate surface area is 137 Å². The minimum atomic E-state index is -0.359. The van der Waals surface area contributed by atoms with Gasteiger partial charge in [0.15, 0.2) is 0 Å². The van der Waals surface area contributed by atoms with Gasteiger partial charge in [-0.3, -0.25) is 0 Å². The van der Waals surface area contributed by atoms with Gasteiger partial charge in [0, 0.05) is 23.5 Å². The molecule has 4 rings (SSSR count). The third-order valence-electron chi connectivity index (χ3n) is 5.02. The second-order valence-corrected chi connectivity index (χ2v) is 7.20. The zero-order chi connectivity index (χ0) is 15.3. The van der Waals surface area contributed by atoms with Crippen LogP contribution in [-0.2, 0) is 0 Å². The van der Waals surface area contributed by atoms with Crippen molar-refractivity contribution in [1.29, 1.82) is 0 Å². The summed E-state index contributed by atoms with van der Waals surface area (Å²) in [6, 6.07) is 8.79. The Morgan fingerprint density at radius 1 is 1.23 bits per heavy atom. The van der Waals surface area contributed by atoms with E-state index in [2.05, 4.69) is 27.9 Å². The molecule has 2 aromatic rings. The van der Waals surface area contributed by atoms with E-state index in [4.69, 9.17) is 9.15 Å². The summed E-state index contributed by atoms with van der Waals surface area (Å²) in [5.41, 5.74) is 0.212. The number of rotatable bonds is 2. The van der Waals surface area contributed by atoms with E-state index in [1.165, 1.54) is 12.8 Å². The predicted molar refractivity (Wildman–Crippen MR) is 88.4 cm³/mol. The van der Waals surface area contributed by atoms with Crippen molar-refractivity contribution in [3.8, 4) is 5.75 Å². The average molecular weight is 364 g/mol. The first-order valence-corrected chi connectivity index (χ1v) is 8.51. The molecule has 22 heavy (non-hydrogen) atoms. The number of ether oxygens (including phenoxy) is 1. The smallest absolute Gasteiger partial charge is 0.350 e. The van der Waals surface area contributed by atoms with Gasteiger partial charge in [0.05, 0.1) is 0 Å². The predicted octanol–water partition coefficient (Wildman–Crippen LogP) is 3.56. The number of halogens is 1. The van der Waals surface area contributed by atoms with Crippen molar-refractivity contribution >= 4 is 26.9 Å². The normalized spacial score (nSPS) is 28.2. The summed E-state index contributed by atoms with van der Waals surface area (Å²) in [5.74, 6) is 0.784. The Morgan fingerprint density at radius 2 is 1.95 bits per heavy atom. The van der Waals surface area contributed by atoms with E-state index in [-0.39, 0.29) is 11.7 Å². The van der Waals surface area contributed by atoms with E-state index in [1.54, 1.807) is 6.07 Å². The quantitative estimate of drug-likeness (QED) is 0.765. The molecule has 0 N–H and O–H groups in total. The molecule has 4 nitrogen and oxygen atoms in total. The first-order valence-electron chi connectivity index (χ1n) is 7.72. The molecule has 2 unspecified atom stereocenters. The number of nitrogens with zero attached hydrogens (tertiary/aromatic N) is 1. The molecule has 0 aliphatic carbocycles. The van der Waals surface area contributed by atoms with Gasteiger partial charge >= 0.3 is 5.63 Å². The highest BCUT2D eigenvalue weighted by Gasteiger charge is 2.39. The first kappa shape index (κ1) is 14.3. The molecule has 0 radical (unpaired) electrons. The highest BCUT2D eigenvalue weighted by Crippen LogP contribution is 2.36. The topological polar surface area (TPSA) is 42.7 Å². The SMILES string of the molecule is CN1C2CCC1CC(Oc1ccc3cc(Br)c(=O)oc3c1)C2. The van der Waals surface area contributed by atoms with Crippen LogP contribution >= 0.6 is 15.9 Å². The number of fused-ring (bicyclic) bond motifs is 3. The van der Waals surface area contributed by atoms with E-state index < -0.39 is 0 Å². The van der Waals surface area contributed by atoms with Crippen molar-refractivity contribution in [2.24, 2.45) is 0 Å². The Bertz CT molecular complexity index is 758. The van der Waals surface area contributed by atoms with Crippen LogP contribution in [0.15, 0.2) is 37.9 Å². The zero-order valence-corrected chi connectivity index (χ0v) is 14.0. The maximum atomic E-state index is 11.6. The number of piperidine rings is 1. The maximum Gasteiger partial charge on any atom is 0.350 e. The van der Waals surface area contributed by atoms with E-state index in [9.17, 15) is 4.79 Å². The van der Waals surface area contributed by atoms with Crippen LogP contribution in [0.1, 0.15) is 25.7 Å². The zero-order valence-electron chi connectivity index (χ0n) is 12.4.